The Labute approximate surface area is 80.4 Å². The minimum absolute atomic E-state index is 0.461. The van der Waals surface area contributed by atoms with Crippen molar-refractivity contribution in [3.8, 4) is 5.75 Å². The van der Waals surface area contributed by atoms with Crippen molar-refractivity contribution in [1.82, 2.24) is 0 Å². The average Bonchev–Trinajstić information content (AvgIpc) is 2.12. The normalized spacial score (nSPS) is 10.5. The molecule has 0 heterocycles. The van der Waals surface area contributed by atoms with Gasteiger partial charge in [-0.15, -0.1) is 0 Å². The summed E-state index contributed by atoms with van der Waals surface area (Å²) < 4.78 is 0. The average molecular weight is 178 g/mol. The van der Waals surface area contributed by atoms with Crippen molar-refractivity contribution in [3.63, 3.8) is 0 Å². The molecule has 0 bridgehead atoms. The number of phenols is 1. The Morgan fingerprint density at radius 3 is 2.15 bits per heavy atom. The Balaban J connectivity index is 3.37. The van der Waals surface area contributed by atoms with E-state index in [1.807, 2.05) is 6.07 Å². The van der Waals surface area contributed by atoms with E-state index in [0.717, 1.165) is 18.4 Å². The van der Waals surface area contributed by atoms with E-state index in [-0.39, 0.29) is 0 Å². The fourth-order valence-electron chi connectivity index (χ4n) is 1.83. The molecule has 0 aliphatic heterocycles. The standard InChI is InChI=1S/C12H18O/c1-5-10-7-12(13)11(6-2)9(4)8(10)3/h7,13H,5-6H2,1-4H3. The maximum atomic E-state index is 9.73. The molecule has 0 fully saturated rings. The van der Waals surface area contributed by atoms with Crippen LogP contribution in [-0.2, 0) is 12.8 Å². The summed E-state index contributed by atoms with van der Waals surface area (Å²) >= 11 is 0. The zero-order chi connectivity index (χ0) is 10.0. The molecule has 0 radical (unpaired) electrons. The van der Waals surface area contributed by atoms with E-state index < -0.39 is 0 Å². The van der Waals surface area contributed by atoms with Crippen molar-refractivity contribution in [3.05, 3.63) is 28.3 Å². The lowest BCUT2D eigenvalue weighted by molar-refractivity contribution is 0.467. The first-order valence-corrected chi connectivity index (χ1v) is 4.92. The molecule has 0 atom stereocenters. The second-order valence-electron chi connectivity index (χ2n) is 3.49. The topological polar surface area (TPSA) is 20.2 Å². The van der Waals surface area contributed by atoms with Crippen LogP contribution in [0, 0.1) is 13.8 Å². The SMILES string of the molecule is CCc1cc(O)c(CC)c(C)c1C. The Morgan fingerprint density at radius 2 is 1.69 bits per heavy atom. The van der Waals surface area contributed by atoms with Crippen LogP contribution >= 0.6 is 0 Å². The number of hydrogen-bond acceptors (Lipinski definition) is 1. The third-order valence-electron chi connectivity index (χ3n) is 2.85. The summed E-state index contributed by atoms with van der Waals surface area (Å²) in [5, 5.41) is 9.73. The van der Waals surface area contributed by atoms with Crippen LogP contribution in [0.15, 0.2) is 6.07 Å². The zero-order valence-electron chi connectivity index (χ0n) is 8.94. The fourth-order valence-corrected chi connectivity index (χ4v) is 1.83. The zero-order valence-corrected chi connectivity index (χ0v) is 8.94. The van der Waals surface area contributed by atoms with Crippen LogP contribution in [0.2, 0.25) is 0 Å². The van der Waals surface area contributed by atoms with Gasteiger partial charge in [-0.2, -0.15) is 0 Å². The molecule has 1 aromatic rings. The van der Waals surface area contributed by atoms with Crippen LogP contribution in [-0.4, -0.2) is 5.11 Å². The first-order chi connectivity index (χ1) is 6.11. The molecular formula is C12H18O. The molecule has 0 unspecified atom stereocenters. The minimum atomic E-state index is 0.461. The third kappa shape index (κ3) is 1.69. The Bertz CT molecular complexity index is 313. The summed E-state index contributed by atoms with van der Waals surface area (Å²) in [6.07, 6.45) is 1.90. The number of benzene rings is 1. The highest BCUT2D eigenvalue weighted by atomic mass is 16.3. The van der Waals surface area contributed by atoms with Crippen LogP contribution in [0.1, 0.15) is 36.1 Å². The van der Waals surface area contributed by atoms with Gasteiger partial charge in [-0.1, -0.05) is 13.8 Å². The van der Waals surface area contributed by atoms with Gasteiger partial charge < -0.3 is 5.11 Å². The molecule has 0 saturated heterocycles. The number of rotatable bonds is 2. The van der Waals surface area contributed by atoms with Gasteiger partial charge in [-0.25, -0.2) is 0 Å². The smallest absolute Gasteiger partial charge is 0.119 e. The van der Waals surface area contributed by atoms with Crippen molar-refractivity contribution in [2.24, 2.45) is 0 Å². The number of hydrogen-bond donors (Lipinski definition) is 1. The summed E-state index contributed by atoms with van der Waals surface area (Å²) in [6, 6.07) is 1.90. The van der Waals surface area contributed by atoms with Crippen LogP contribution in [0.4, 0.5) is 0 Å². The molecule has 1 N–H and O–H groups in total. The van der Waals surface area contributed by atoms with Gasteiger partial charge in [0.2, 0.25) is 0 Å². The lowest BCUT2D eigenvalue weighted by Gasteiger charge is -2.13. The first kappa shape index (κ1) is 10.1. The molecule has 13 heavy (non-hydrogen) atoms. The van der Waals surface area contributed by atoms with Gasteiger partial charge in [0.05, 0.1) is 0 Å². The maximum Gasteiger partial charge on any atom is 0.119 e. The van der Waals surface area contributed by atoms with E-state index >= 15 is 0 Å². The Kier molecular flexibility index (Phi) is 2.97. The molecule has 0 aromatic heterocycles. The molecular weight excluding hydrogens is 160 g/mol. The lowest BCUT2D eigenvalue weighted by Crippen LogP contribution is -1.96. The molecule has 1 aromatic carbocycles. The number of aryl methyl sites for hydroxylation is 1. The molecule has 1 heteroatoms. The third-order valence-corrected chi connectivity index (χ3v) is 2.85. The second-order valence-corrected chi connectivity index (χ2v) is 3.49. The monoisotopic (exact) mass is 178 g/mol. The van der Waals surface area contributed by atoms with Crippen LogP contribution in [0.25, 0.3) is 0 Å². The lowest BCUT2D eigenvalue weighted by atomic mass is 9.94. The van der Waals surface area contributed by atoms with Crippen LogP contribution in [0.3, 0.4) is 0 Å². The minimum Gasteiger partial charge on any atom is -0.508 e. The molecule has 1 nitrogen and oxygen atoms in total. The van der Waals surface area contributed by atoms with Gasteiger partial charge in [-0.3, -0.25) is 0 Å². The summed E-state index contributed by atoms with van der Waals surface area (Å²) in [5.74, 6) is 0.461. The van der Waals surface area contributed by atoms with E-state index in [1.54, 1.807) is 0 Å². The van der Waals surface area contributed by atoms with E-state index in [0.29, 0.717) is 5.75 Å². The quantitative estimate of drug-likeness (QED) is 0.737. The summed E-state index contributed by atoms with van der Waals surface area (Å²) in [6.45, 7) is 8.42. The second kappa shape index (κ2) is 3.82. The first-order valence-electron chi connectivity index (χ1n) is 4.92. The van der Waals surface area contributed by atoms with Crippen LogP contribution < -0.4 is 0 Å². The maximum absolute atomic E-state index is 9.73. The van der Waals surface area contributed by atoms with Crippen molar-refractivity contribution in [2.45, 2.75) is 40.5 Å². The molecule has 72 valence electrons. The predicted molar refractivity (Wildman–Crippen MR) is 56.3 cm³/mol. The predicted octanol–water partition coefficient (Wildman–Crippen LogP) is 3.13. The van der Waals surface area contributed by atoms with Gasteiger partial charge in [0.25, 0.3) is 0 Å². The van der Waals surface area contributed by atoms with Crippen molar-refractivity contribution >= 4 is 0 Å². The summed E-state index contributed by atoms with van der Waals surface area (Å²) in [5.41, 5.74) is 4.93. The number of phenolic OH excluding ortho intramolecular Hbond substituents is 1. The molecule has 0 aliphatic carbocycles. The highest BCUT2D eigenvalue weighted by Crippen LogP contribution is 2.27. The summed E-state index contributed by atoms with van der Waals surface area (Å²) in [4.78, 5) is 0. The van der Waals surface area contributed by atoms with Gasteiger partial charge in [0.1, 0.15) is 5.75 Å². The highest BCUT2D eigenvalue weighted by molar-refractivity contribution is 5.47. The van der Waals surface area contributed by atoms with E-state index in [1.165, 1.54) is 16.7 Å². The number of aromatic hydroxyl groups is 1. The van der Waals surface area contributed by atoms with Gasteiger partial charge in [0.15, 0.2) is 0 Å². The Morgan fingerprint density at radius 1 is 1.08 bits per heavy atom. The fraction of sp³-hybridized carbons (Fsp3) is 0.500. The molecule has 1 rings (SSSR count). The van der Waals surface area contributed by atoms with Crippen molar-refractivity contribution in [2.75, 3.05) is 0 Å². The highest BCUT2D eigenvalue weighted by Gasteiger charge is 2.08. The molecule has 0 saturated carbocycles. The summed E-state index contributed by atoms with van der Waals surface area (Å²) in [7, 11) is 0. The molecule has 0 aliphatic rings. The van der Waals surface area contributed by atoms with E-state index in [2.05, 4.69) is 27.7 Å². The van der Waals surface area contributed by atoms with E-state index in [4.69, 9.17) is 0 Å². The molecule has 0 amide bonds. The Hall–Kier alpha value is -0.980. The van der Waals surface area contributed by atoms with Gasteiger partial charge >= 0.3 is 0 Å². The van der Waals surface area contributed by atoms with Gasteiger partial charge in [-0.05, 0) is 55.0 Å². The van der Waals surface area contributed by atoms with Crippen molar-refractivity contribution in [1.29, 1.82) is 0 Å². The van der Waals surface area contributed by atoms with Gasteiger partial charge in [0, 0.05) is 0 Å². The van der Waals surface area contributed by atoms with Crippen LogP contribution in [0.5, 0.6) is 5.75 Å². The van der Waals surface area contributed by atoms with Crippen molar-refractivity contribution < 1.29 is 5.11 Å². The molecule has 0 spiro atoms. The van der Waals surface area contributed by atoms with E-state index in [9.17, 15) is 5.11 Å². The largest absolute Gasteiger partial charge is 0.508 e.